The highest BCUT2D eigenvalue weighted by molar-refractivity contribution is 5.95. The van der Waals surface area contributed by atoms with Gasteiger partial charge in [-0.25, -0.2) is 0 Å². The molecule has 1 atom stereocenters. The van der Waals surface area contributed by atoms with Crippen LogP contribution in [0.1, 0.15) is 44.6 Å². The molecule has 2 N–H and O–H groups in total. The predicted octanol–water partition coefficient (Wildman–Crippen LogP) is 2.87. The Kier molecular flexibility index (Phi) is 3.55. The van der Waals surface area contributed by atoms with Gasteiger partial charge in [-0.1, -0.05) is 38.0 Å². The van der Waals surface area contributed by atoms with E-state index in [2.05, 4.69) is 25.1 Å². The molecule has 1 amide bonds. The number of hydrogen-bond donors (Lipinski definition) is 1. The summed E-state index contributed by atoms with van der Waals surface area (Å²) in [5, 5.41) is 0. The van der Waals surface area contributed by atoms with E-state index in [1.807, 2.05) is 11.0 Å². The summed E-state index contributed by atoms with van der Waals surface area (Å²) in [6, 6.07) is 8.28. The van der Waals surface area contributed by atoms with Gasteiger partial charge in [-0.2, -0.15) is 0 Å². The van der Waals surface area contributed by atoms with E-state index in [4.69, 9.17) is 5.73 Å². The van der Waals surface area contributed by atoms with Gasteiger partial charge < -0.3 is 10.6 Å². The first-order valence-corrected chi connectivity index (χ1v) is 7.75. The molecule has 0 aromatic heterocycles. The van der Waals surface area contributed by atoms with Gasteiger partial charge in [-0.05, 0) is 36.8 Å². The van der Waals surface area contributed by atoms with Crippen molar-refractivity contribution in [3.63, 3.8) is 0 Å². The lowest BCUT2D eigenvalue weighted by Gasteiger charge is -2.35. The van der Waals surface area contributed by atoms with E-state index in [1.54, 1.807) is 0 Å². The number of anilines is 1. The fraction of sp³-hybridized carbons (Fsp3) is 0.588. The minimum absolute atomic E-state index is 0.202. The summed E-state index contributed by atoms with van der Waals surface area (Å²) in [6.07, 6.45) is 5.86. The van der Waals surface area contributed by atoms with Crippen LogP contribution in [-0.2, 0) is 11.2 Å². The van der Waals surface area contributed by atoms with Gasteiger partial charge in [-0.15, -0.1) is 0 Å². The summed E-state index contributed by atoms with van der Waals surface area (Å²) in [5.41, 5.74) is 8.50. The smallest absolute Gasteiger partial charge is 0.228 e. The van der Waals surface area contributed by atoms with Crippen molar-refractivity contribution in [1.29, 1.82) is 0 Å². The number of amides is 1. The van der Waals surface area contributed by atoms with E-state index >= 15 is 0 Å². The molecule has 108 valence electrons. The number of nitrogens with zero attached hydrogens (tertiary/aromatic N) is 1. The molecule has 20 heavy (non-hydrogen) atoms. The largest absolute Gasteiger partial charge is 0.325 e. The maximum absolute atomic E-state index is 12.7. The monoisotopic (exact) mass is 272 g/mol. The number of rotatable bonds is 2. The molecule has 1 aliphatic heterocycles. The Morgan fingerprint density at radius 3 is 2.80 bits per heavy atom. The molecule has 2 aliphatic rings. The first-order chi connectivity index (χ1) is 9.57. The van der Waals surface area contributed by atoms with Crippen LogP contribution < -0.4 is 10.6 Å². The zero-order chi connectivity index (χ0) is 14.2. The highest BCUT2D eigenvalue weighted by Crippen LogP contribution is 2.34. The molecule has 0 radical (unpaired) electrons. The van der Waals surface area contributed by atoms with Crippen LogP contribution in [0.5, 0.6) is 0 Å². The number of para-hydroxylation sites is 1. The number of carbonyl (C=O) groups excluding carboxylic acids is 1. The molecule has 1 aromatic carbocycles. The fourth-order valence-electron chi connectivity index (χ4n) is 3.69. The van der Waals surface area contributed by atoms with Crippen molar-refractivity contribution in [2.24, 2.45) is 11.7 Å². The SMILES string of the molecule is CC1Cc2ccccc2N(C(=O)CC2(N)CCCC2)C1. The van der Waals surface area contributed by atoms with E-state index in [-0.39, 0.29) is 11.4 Å². The van der Waals surface area contributed by atoms with Crippen LogP contribution in [0.15, 0.2) is 24.3 Å². The summed E-state index contributed by atoms with van der Waals surface area (Å²) in [5.74, 6) is 0.722. The lowest BCUT2D eigenvalue weighted by molar-refractivity contribution is -0.120. The van der Waals surface area contributed by atoms with Crippen molar-refractivity contribution in [1.82, 2.24) is 0 Å². The summed E-state index contributed by atoms with van der Waals surface area (Å²) in [6.45, 7) is 3.04. The summed E-state index contributed by atoms with van der Waals surface area (Å²) < 4.78 is 0. The second-order valence-electron chi connectivity index (χ2n) is 6.69. The fourth-order valence-corrected chi connectivity index (χ4v) is 3.69. The van der Waals surface area contributed by atoms with E-state index in [1.165, 1.54) is 5.56 Å². The van der Waals surface area contributed by atoms with Crippen LogP contribution in [0.3, 0.4) is 0 Å². The van der Waals surface area contributed by atoms with E-state index in [9.17, 15) is 4.79 Å². The van der Waals surface area contributed by atoms with Crippen molar-refractivity contribution in [3.05, 3.63) is 29.8 Å². The minimum Gasteiger partial charge on any atom is -0.325 e. The number of benzene rings is 1. The Labute approximate surface area is 121 Å². The number of fused-ring (bicyclic) bond motifs is 1. The Morgan fingerprint density at radius 2 is 2.05 bits per heavy atom. The van der Waals surface area contributed by atoms with Gasteiger partial charge in [0, 0.05) is 24.2 Å². The second-order valence-corrected chi connectivity index (χ2v) is 6.69. The van der Waals surface area contributed by atoms with Crippen LogP contribution in [-0.4, -0.2) is 18.0 Å². The Bertz CT molecular complexity index is 505. The number of carbonyl (C=O) groups is 1. The van der Waals surface area contributed by atoms with E-state index in [0.717, 1.165) is 44.3 Å². The van der Waals surface area contributed by atoms with Gasteiger partial charge in [-0.3, -0.25) is 4.79 Å². The lowest BCUT2D eigenvalue weighted by Crippen LogP contribution is -2.46. The van der Waals surface area contributed by atoms with E-state index < -0.39 is 0 Å². The standard InChI is InChI=1S/C17H24N2O/c1-13-10-14-6-2-3-7-15(14)19(12-13)16(20)11-17(18)8-4-5-9-17/h2-3,6-7,13H,4-5,8-12,18H2,1H3. The zero-order valence-corrected chi connectivity index (χ0v) is 12.3. The summed E-state index contributed by atoms with van der Waals surface area (Å²) >= 11 is 0. The molecule has 3 rings (SSSR count). The van der Waals surface area contributed by atoms with Crippen LogP contribution in [0.25, 0.3) is 0 Å². The molecule has 1 unspecified atom stereocenters. The van der Waals surface area contributed by atoms with Gasteiger partial charge in [0.1, 0.15) is 0 Å². The molecular weight excluding hydrogens is 248 g/mol. The Balaban J connectivity index is 1.81. The average molecular weight is 272 g/mol. The maximum Gasteiger partial charge on any atom is 0.228 e. The van der Waals surface area contributed by atoms with Crippen molar-refractivity contribution in [2.75, 3.05) is 11.4 Å². The van der Waals surface area contributed by atoms with Gasteiger partial charge >= 0.3 is 0 Å². The molecule has 0 spiro atoms. The van der Waals surface area contributed by atoms with Crippen LogP contribution >= 0.6 is 0 Å². The van der Waals surface area contributed by atoms with Crippen LogP contribution in [0.2, 0.25) is 0 Å². The van der Waals surface area contributed by atoms with Gasteiger partial charge in [0.15, 0.2) is 0 Å². The zero-order valence-electron chi connectivity index (χ0n) is 12.3. The minimum atomic E-state index is -0.257. The summed E-state index contributed by atoms with van der Waals surface area (Å²) in [7, 11) is 0. The molecule has 0 saturated heterocycles. The third-order valence-corrected chi connectivity index (χ3v) is 4.75. The third-order valence-electron chi connectivity index (χ3n) is 4.75. The van der Waals surface area contributed by atoms with Gasteiger partial charge in [0.05, 0.1) is 0 Å². The first kappa shape index (κ1) is 13.6. The lowest BCUT2D eigenvalue weighted by atomic mass is 9.90. The van der Waals surface area contributed by atoms with Gasteiger partial charge in [0.2, 0.25) is 5.91 Å². The maximum atomic E-state index is 12.7. The van der Waals surface area contributed by atoms with Crippen molar-refractivity contribution >= 4 is 11.6 Å². The quantitative estimate of drug-likeness (QED) is 0.900. The predicted molar refractivity (Wildman–Crippen MR) is 81.7 cm³/mol. The average Bonchev–Trinajstić information content (AvgIpc) is 2.84. The van der Waals surface area contributed by atoms with Crippen LogP contribution in [0, 0.1) is 5.92 Å². The third kappa shape index (κ3) is 2.59. The normalized spacial score (nSPS) is 24.5. The Morgan fingerprint density at radius 1 is 1.35 bits per heavy atom. The highest BCUT2D eigenvalue weighted by Gasteiger charge is 2.35. The first-order valence-electron chi connectivity index (χ1n) is 7.75. The molecule has 3 nitrogen and oxygen atoms in total. The molecule has 1 heterocycles. The molecule has 3 heteroatoms. The van der Waals surface area contributed by atoms with Gasteiger partial charge in [0.25, 0.3) is 0 Å². The second kappa shape index (κ2) is 5.21. The Hall–Kier alpha value is -1.35. The van der Waals surface area contributed by atoms with E-state index in [0.29, 0.717) is 12.3 Å². The molecule has 1 aliphatic carbocycles. The molecule has 0 bridgehead atoms. The van der Waals surface area contributed by atoms with Crippen molar-refractivity contribution in [2.45, 2.75) is 51.0 Å². The molecule has 1 aromatic rings. The molecule has 1 fully saturated rings. The molecular formula is C17H24N2O. The van der Waals surface area contributed by atoms with Crippen molar-refractivity contribution < 1.29 is 4.79 Å². The summed E-state index contributed by atoms with van der Waals surface area (Å²) in [4.78, 5) is 14.7. The van der Waals surface area contributed by atoms with Crippen LogP contribution in [0.4, 0.5) is 5.69 Å². The number of hydrogen-bond acceptors (Lipinski definition) is 2. The van der Waals surface area contributed by atoms with Crippen molar-refractivity contribution in [3.8, 4) is 0 Å². The number of nitrogens with two attached hydrogens (primary N) is 1. The molecule has 1 saturated carbocycles. The highest BCUT2D eigenvalue weighted by atomic mass is 16.2. The topological polar surface area (TPSA) is 46.3 Å².